The van der Waals surface area contributed by atoms with Crippen LogP contribution in [0.4, 0.5) is 15.3 Å². The maximum absolute atomic E-state index is 12.4. The van der Waals surface area contributed by atoms with E-state index in [0.29, 0.717) is 17.8 Å². The van der Waals surface area contributed by atoms with E-state index in [2.05, 4.69) is 16.0 Å². The lowest BCUT2D eigenvalue weighted by atomic mass is 9.93. The second kappa shape index (κ2) is 4.76. The van der Waals surface area contributed by atoms with Crippen molar-refractivity contribution in [3.05, 3.63) is 29.8 Å². The third kappa shape index (κ3) is 1.84. The summed E-state index contributed by atoms with van der Waals surface area (Å²) < 4.78 is 0. The molecule has 21 heavy (non-hydrogen) atoms. The highest BCUT2D eigenvalue weighted by Crippen LogP contribution is 2.38. The standard InChI is InChI=1S/C14H16N4O3/c1-2-3-8-18-13(21)15-10-7-5-4-6-9(10)14(18)11(19)16-12(20)17-14/h4-7H,2-3,8H2,1H3,(H,15,21)(H2,16,17,19,20). The molecular formula is C14H16N4O3. The highest BCUT2D eigenvalue weighted by Gasteiger charge is 2.57. The summed E-state index contributed by atoms with van der Waals surface area (Å²) in [5, 5.41) is 7.63. The minimum atomic E-state index is -1.45. The summed E-state index contributed by atoms with van der Waals surface area (Å²) in [4.78, 5) is 37.8. The Morgan fingerprint density at radius 3 is 2.57 bits per heavy atom. The van der Waals surface area contributed by atoms with E-state index in [1.54, 1.807) is 24.3 Å². The third-order valence-corrected chi connectivity index (χ3v) is 3.79. The summed E-state index contributed by atoms with van der Waals surface area (Å²) >= 11 is 0. The molecule has 7 heteroatoms. The fourth-order valence-corrected chi connectivity index (χ4v) is 2.80. The molecule has 0 bridgehead atoms. The van der Waals surface area contributed by atoms with Gasteiger partial charge in [0.05, 0.1) is 5.69 Å². The molecule has 1 spiro atoms. The van der Waals surface area contributed by atoms with Crippen LogP contribution >= 0.6 is 0 Å². The first-order valence-corrected chi connectivity index (χ1v) is 6.91. The average molecular weight is 288 g/mol. The van der Waals surface area contributed by atoms with Gasteiger partial charge in [-0.3, -0.25) is 15.0 Å². The molecular weight excluding hydrogens is 272 g/mol. The molecule has 1 aromatic rings. The van der Waals surface area contributed by atoms with E-state index in [1.807, 2.05) is 6.92 Å². The number of fused-ring (bicyclic) bond motifs is 2. The lowest BCUT2D eigenvalue weighted by Crippen LogP contribution is -2.63. The Morgan fingerprint density at radius 2 is 1.90 bits per heavy atom. The van der Waals surface area contributed by atoms with Gasteiger partial charge in [0.15, 0.2) is 0 Å². The molecule has 1 aromatic carbocycles. The summed E-state index contributed by atoms with van der Waals surface area (Å²) in [5.41, 5.74) is -0.345. The van der Waals surface area contributed by atoms with Crippen LogP contribution in [0.25, 0.3) is 0 Å². The summed E-state index contributed by atoms with van der Waals surface area (Å²) in [7, 11) is 0. The van der Waals surface area contributed by atoms with E-state index < -0.39 is 17.6 Å². The number of carbonyl (C=O) groups excluding carboxylic acids is 3. The Balaban J connectivity index is 2.15. The Morgan fingerprint density at radius 1 is 1.14 bits per heavy atom. The molecule has 110 valence electrons. The number of imide groups is 1. The minimum Gasteiger partial charge on any atom is -0.307 e. The monoisotopic (exact) mass is 288 g/mol. The predicted octanol–water partition coefficient (Wildman–Crippen LogP) is 1.33. The van der Waals surface area contributed by atoms with Crippen LogP contribution in [0.5, 0.6) is 0 Å². The van der Waals surface area contributed by atoms with Crippen molar-refractivity contribution in [2.24, 2.45) is 0 Å². The molecule has 1 unspecified atom stereocenters. The van der Waals surface area contributed by atoms with Crippen LogP contribution in [-0.2, 0) is 10.5 Å². The van der Waals surface area contributed by atoms with Crippen LogP contribution in [0, 0.1) is 0 Å². The number of carbonyl (C=O) groups is 3. The summed E-state index contributed by atoms with van der Waals surface area (Å²) in [6.45, 7) is 2.38. The lowest BCUT2D eigenvalue weighted by Gasteiger charge is -2.43. The van der Waals surface area contributed by atoms with E-state index in [9.17, 15) is 14.4 Å². The molecule has 7 nitrogen and oxygen atoms in total. The highest BCUT2D eigenvalue weighted by molar-refractivity contribution is 6.11. The summed E-state index contributed by atoms with van der Waals surface area (Å²) in [6, 6.07) is 6.00. The van der Waals surface area contributed by atoms with Crippen molar-refractivity contribution in [3.8, 4) is 0 Å². The second-order valence-corrected chi connectivity index (χ2v) is 5.10. The van der Waals surface area contributed by atoms with Gasteiger partial charge in [0, 0.05) is 12.1 Å². The van der Waals surface area contributed by atoms with Gasteiger partial charge in [0.2, 0.25) is 5.66 Å². The molecule has 3 rings (SSSR count). The van der Waals surface area contributed by atoms with Crippen molar-refractivity contribution in [3.63, 3.8) is 0 Å². The van der Waals surface area contributed by atoms with Gasteiger partial charge < -0.3 is 10.6 Å². The van der Waals surface area contributed by atoms with Gasteiger partial charge >= 0.3 is 12.1 Å². The number of hydrogen-bond donors (Lipinski definition) is 3. The van der Waals surface area contributed by atoms with Crippen molar-refractivity contribution in [1.82, 2.24) is 15.5 Å². The van der Waals surface area contributed by atoms with E-state index in [-0.39, 0.29) is 6.03 Å². The zero-order chi connectivity index (χ0) is 15.0. The van der Waals surface area contributed by atoms with Crippen molar-refractivity contribution in [2.45, 2.75) is 25.4 Å². The fourth-order valence-electron chi connectivity index (χ4n) is 2.80. The number of unbranched alkanes of at least 4 members (excludes halogenated alkanes) is 1. The van der Waals surface area contributed by atoms with Crippen molar-refractivity contribution < 1.29 is 14.4 Å². The highest BCUT2D eigenvalue weighted by atomic mass is 16.2. The topological polar surface area (TPSA) is 90.5 Å². The first kappa shape index (κ1) is 13.4. The van der Waals surface area contributed by atoms with Crippen LogP contribution in [0.3, 0.4) is 0 Å². The van der Waals surface area contributed by atoms with Gasteiger partial charge in [0.1, 0.15) is 0 Å². The van der Waals surface area contributed by atoms with Crippen LogP contribution < -0.4 is 16.0 Å². The summed E-state index contributed by atoms with van der Waals surface area (Å²) in [5.74, 6) is -0.522. The zero-order valence-electron chi connectivity index (χ0n) is 11.6. The van der Waals surface area contributed by atoms with Crippen LogP contribution in [0.2, 0.25) is 0 Å². The molecule has 2 aliphatic rings. The first-order chi connectivity index (χ1) is 10.1. The van der Waals surface area contributed by atoms with Gasteiger partial charge in [-0.15, -0.1) is 0 Å². The first-order valence-electron chi connectivity index (χ1n) is 6.91. The van der Waals surface area contributed by atoms with Gasteiger partial charge in [-0.05, 0) is 12.5 Å². The fraction of sp³-hybridized carbons (Fsp3) is 0.357. The third-order valence-electron chi connectivity index (χ3n) is 3.79. The molecule has 0 aliphatic carbocycles. The zero-order valence-corrected chi connectivity index (χ0v) is 11.6. The maximum Gasteiger partial charge on any atom is 0.324 e. The van der Waals surface area contributed by atoms with Gasteiger partial charge in [0.25, 0.3) is 5.91 Å². The second-order valence-electron chi connectivity index (χ2n) is 5.10. The molecule has 0 saturated carbocycles. The Bertz CT molecular complexity index is 630. The quantitative estimate of drug-likeness (QED) is 0.733. The summed E-state index contributed by atoms with van der Waals surface area (Å²) in [6.07, 6.45) is 1.61. The number of urea groups is 2. The lowest BCUT2D eigenvalue weighted by molar-refractivity contribution is -0.130. The van der Waals surface area contributed by atoms with E-state index in [0.717, 1.165) is 12.8 Å². The number of benzene rings is 1. The van der Waals surface area contributed by atoms with Gasteiger partial charge in [-0.25, -0.2) is 9.59 Å². The van der Waals surface area contributed by atoms with Crippen LogP contribution in [0.1, 0.15) is 25.3 Å². The molecule has 1 fully saturated rings. The van der Waals surface area contributed by atoms with Gasteiger partial charge in [-0.2, -0.15) is 0 Å². The Labute approximate surface area is 121 Å². The molecule has 3 N–H and O–H groups in total. The predicted molar refractivity (Wildman–Crippen MR) is 75.4 cm³/mol. The number of anilines is 1. The number of para-hydroxylation sites is 1. The molecule has 1 atom stereocenters. The molecule has 0 radical (unpaired) electrons. The molecule has 0 aromatic heterocycles. The van der Waals surface area contributed by atoms with Crippen LogP contribution in [0.15, 0.2) is 24.3 Å². The molecule has 5 amide bonds. The molecule has 2 heterocycles. The van der Waals surface area contributed by atoms with E-state index >= 15 is 0 Å². The van der Waals surface area contributed by atoms with Crippen molar-refractivity contribution in [1.29, 1.82) is 0 Å². The van der Waals surface area contributed by atoms with E-state index in [4.69, 9.17) is 0 Å². The number of hydrogen-bond acceptors (Lipinski definition) is 3. The normalized spacial score (nSPS) is 23.7. The number of amides is 5. The molecule has 1 saturated heterocycles. The Kier molecular flexibility index (Phi) is 3.04. The Hall–Kier alpha value is -2.57. The van der Waals surface area contributed by atoms with Crippen molar-refractivity contribution >= 4 is 23.7 Å². The average Bonchev–Trinajstić information content (AvgIpc) is 2.74. The smallest absolute Gasteiger partial charge is 0.307 e. The minimum absolute atomic E-state index is 0.379. The number of rotatable bonds is 3. The molecule has 2 aliphatic heterocycles. The van der Waals surface area contributed by atoms with E-state index in [1.165, 1.54) is 4.90 Å². The van der Waals surface area contributed by atoms with Gasteiger partial charge in [-0.1, -0.05) is 31.5 Å². The number of nitrogens with one attached hydrogen (secondary N) is 3. The largest absolute Gasteiger partial charge is 0.324 e. The van der Waals surface area contributed by atoms with Crippen LogP contribution in [-0.4, -0.2) is 29.4 Å². The number of nitrogens with zero attached hydrogens (tertiary/aromatic N) is 1. The maximum atomic E-state index is 12.4. The SMILES string of the molecule is CCCCN1C(=O)Nc2ccccc2C12NC(=O)NC2=O. The van der Waals surface area contributed by atoms with Crippen molar-refractivity contribution in [2.75, 3.05) is 11.9 Å².